The van der Waals surface area contributed by atoms with Crippen LogP contribution in [-0.2, 0) is 5.60 Å². The highest BCUT2D eigenvalue weighted by Gasteiger charge is 2.35. The maximum atomic E-state index is 10.2. The first-order valence-corrected chi connectivity index (χ1v) is 5.33. The Morgan fingerprint density at radius 3 is 3.12 bits per heavy atom. The van der Waals surface area contributed by atoms with Gasteiger partial charge < -0.3 is 9.84 Å². The molecule has 1 aromatic heterocycles. The van der Waals surface area contributed by atoms with Gasteiger partial charge in [-0.15, -0.1) is 5.10 Å². The molecule has 0 bridgehead atoms. The van der Waals surface area contributed by atoms with Gasteiger partial charge in [-0.3, -0.25) is 0 Å². The first-order valence-electron chi connectivity index (χ1n) is 5.33. The molecule has 0 fully saturated rings. The first-order chi connectivity index (χ1) is 8.08. The van der Waals surface area contributed by atoms with Crippen LogP contribution >= 0.6 is 0 Å². The average Bonchev–Trinajstić information content (AvgIpc) is 2.73. The lowest BCUT2D eigenvalue weighted by Crippen LogP contribution is -2.31. The second-order valence-corrected chi connectivity index (χ2v) is 4.45. The fourth-order valence-electron chi connectivity index (χ4n) is 1.88. The third-order valence-electron chi connectivity index (χ3n) is 2.80. The average molecular weight is 232 g/mol. The molecule has 1 N–H and O–H groups in total. The zero-order valence-corrected chi connectivity index (χ0v) is 9.58. The number of tetrazole rings is 1. The number of aryl methyl sites for hydroxylation is 1. The summed E-state index contributed by atoms with van der Waals surface area (Å²) in [6.45, 7) is 3.74. The van der Waals surface area contributed by atoms with E-state index in [-0.39, 0.29) is 6.61 Å². The van der Waals surface area contributed by atoms with Crippen molar-refractivity contribution >= 4 is 0 Å². The summed E-state index contributed by atoms with van der Waals surface area (Å²) < 4.78 is 7.10. The summed E-state index contributed by atoms with van der Waals surface area (Å²) in [7, 11) is 0. The maximum Gasteiger partial charge on any atom is 0.191 e. The van der Waals surface area contributed by atoms with Gasteiger partial charge >= 0.3 is 0 Å². The third kappa shape index (κ3) is 1.49. The summed E-state index contributed by atoms with van der Waals surface area (Å²) in [6, 6.07) is 5.73. The van der Waals surface area contributed by atoms with E-state index in [4.69, 9.17) is 4.74 Å². The van der Waals surface area contributed by atoms with Gasteiger partial charge in [-0.25, -0.2) is 0 Å². The van der Waals surface area contributed by atoms with Crippen LogP contribution in [0, 0.1) is 6.92 Å². The lowest BCUT2D eigenvalue weighted by Gasteiger charge is -2.17. The predicted octanol–water partition coefficient (Wildman–Crippen LogP) is 0.571. The van der Waals surface area contributed by atoms with E-state index in [2.05, 4.69) is 15.5 Å². The summed E-state index contributed by atoms with van der Waals surface area (Å²) in [4.78, 5) is 0. The number of benzene rings is 1. The number of fused-ring (bicyclic) bond motifs is 3. The molecule has 0 saturated carbocycles. The number of aromatic nitrogens is 4. The molecule has 1 unspecified atom stereocenters. The zero-order valence-electron chi connectivity index (χ0n) is 9.58. The highest BCUT2D eigenvalue weighted by molar-refractivity contribution is 5.49. The van der Waals surface area contributed by atoms with Crippen LogP contribution in [0.5, 0.6) is 5.75 Å². The topological polar surface area (TPSA) is 73.1 Å². The Hall–Kier alpha value is -1.95. The van der Waals surface area contributed by atoms with E-state index in [0.717, 1.165) is 11.3 Å². The van der Waals surface area contributed by atoms with E-state index >= 15 is 0 Å². The van der Waals surface area contributed by atoms with Crippen LogP contribution in [0.25, 0.3) is 5.69 Å². The molecule has 1 aliphatic rings. The van der Waals surface area contributed by atoms with Crippen molar-refractivity contribution in [3.63, 3.8) is 0 Å². The second-order valence-electron chi connectivity index (χ2n) is 4.45. The number of nitrogens with zero attached hydrogens (tertiary/aromatic N) is 4. The van der Waals surface area contributed by atoms with Gasteiger partial charge in [-0.2, -0.15) is 4.68 Å². The van der Waals surface area contributed by atoms with E-state index in [9.17, 15) is 5.11 Å². The van der Waals surface area contributed by atoms with E-state index in [1.54, 1.807) is 6.92 Å². The van der Waals surface area contributed by atoms with Crippen LogP contribution in [0.3, 0.4) is 0 Å². The first kappa shape index (κ1) is 10.2. The molecule has 0 spiro atoms. The van der Waals surface area contributed by atoms with Crippen molar-refractivity contribution in [3.8, 4) is 11.4 Å². The minimum Gasteiger partial charge on any atom is -0.488 e. The van der Waals surface area contributed by atoms with E-state index in [1.165, 1.54) is 4.68 Å². The quantitative estimate of drug-likeness (QED) is 0.719. The number of aliphatic hydroxyl groups is 1. The molecule has 0 amide bonds. The SMILES string of the molecule is Cc1ccc2c(c1)-n1nnnc1C(C)(O)CO2. The highest BCUT2D eigenvalue weighted by Crippen LogP contribution is 2.32. The lowest BCUT2D eigenvalue weighted by atomic mass is 10.1. The number of rotatable bonds is 0. The molecule has 3 rings (SSSR count). The third-order valence-corrected chi connectivity index (χ3v) is 2.80. The Kier molecular flexibility index (Phi) is 1.97. The normalized spacial score (nSPS) is 22.3. The minimum atomic E-state index is -1.20. The monoisotopic (exact) mass is 232 g/mol. The van der Waals surface area contributed by atoms with E-state index in [1.807, 2.05) is 25.1 Å². The van der Waals surface area contributed by atoms with Crippen LogP contribution in [0.2, 0.25) is 0 Å². The Labute approximate surface area is 97.8 Å². The molecule has 6 heteroatoms. The van der Waals surface area contributed by atoms with Gasteiger partial charge in [-0.05, 0) is 42.0 Å². The molecule has 17 heavy (non-hydrogen) atoms. The molecule has 2 heterocycles. The molecule has 6 nitrogen and oxygen atoms in total. The van der Waals surface area contributed by atoms with Crippen LogP contribution in [0.1, 0.15) is 18.3 Å². The van der Waals surface area contributed by atoms with Crippen LogP contribution in [0.15, 0.2) is 18.2 Å². The summed E-state index contributed by atoms with van der Waals surface area (Å²) >= 11 is 0. The van der Waals surface area contributed by atoms with Crippen molar-refractivity contribution in [2.24, 2.45) is 0 Å². The van der Waals surface area contributed by atoms with Crippen molar-refractivity contribution in [1.82, 2.24) is 20.2 Å². The summed E-state index contributed by atoms with van der Waals surface area (Å²) in [5, 5.41) is 21.6. The molecule has 0 radical (unpaired) electrons. The summed E-state index contributed by atoms with van der Waals surface area (Å²) in [5.41, 5.74) is 0.634. The maximum absolute atomic E-state index is 10.2. The van der Waals surface area contributed by atoms with Crippen molar-refractivity contribution in [3.05, 3.63) is 29.6 Å². The van der Waals surface area contributed by atoms with Gasteiger partial charge in [0.2, 0.25) is 0 Å². The second kappa shape index (κ2) is 3.27. The van der Waals surface area contributed by atoms with Gasteiger partial charge in [0.05, 0.1) is 0 Å². The predicted molar refractivity (Wildman–Crippen MR) is 59.0 cm³/mol. The molecule has 0 aliphatic carbocycles. The fraction of sp³-hybridized carbons (Fsp3) is 0.364. The number of hydrogen-bond donors (Lipinski definition) is 1. The Morgan fingerprint density at radius 1 is 1.47 bits per heavy atom. The van der Waals surface area contributed by atoms with Crippen LogP contribution in [0.4, 0.5) is 0 Å². The van der Waals surface area contributed by atoms with Crippen molar-refractivity contribution in [1.29, 1.82) is 0 Å². The van der Waals surface area contributed by atoms with Crippen molar-refractivity contribution in [2.45, 2.75) is 19.4 Å². The molecule has 2 aromatic rings. The van der Waals surface area contributed by atoms with Gasteiger partial charge in [0.15, 0.2) is 11.4 Å². The largest absolute Gasteiger partial charge is 0.488 e. The van der Waals surface area contributed by atoms with E-state index in [0.29, 0.717) is 11.6 Å². The van der Waals surface area contributed by atoms with Gasteiger partial charge in [0.25, 0.3) is 0 Å². The minimum absolute atomic E-state index is 0.128. The zero-order chi connectivity index (χ0) is 12.0. The molecule has 88 valence electrons. The molecule has 1 atom stereocenters. The standard InChI is InChI=1S/C11H12N4O2/c1-7-3-4-9-8(5-7)15-10(12-13-14-15)11(2,16)6-17-9/h3-5,16H,6H2,1-2H3. The summed E-state index contributed by atoms with van der Waals surface area (Å²) in [6.07, 6.45) is 0. The lowest BCUT2D eigenvalue weighted by molar-refractivity contribution is 0.00211. The molecule has 0 saturated heterocycles. The summed E-state index contributed by atoms with van der Waals surface area (Å²) in [5.74, 6) is 1.06. The van der Waals surface area contributed by atoms with E-state index < -0.39 is 5.60 Å². The highest BCUT2D eigenvalue weighted by atomic mass is 16.5. The van der Waals surface area contributed by atoms with Crippen molar-refractivity contribution < 1.29 is 9.84 Å². The Balaban J connectivity index is 2.28. The molecular formula is C11H12N4O2. The number of ether oxygens (including phenoxy) is 1. The smallest absolute Gasteiger partial charge is 0.191 e. The van der Waals surface area contributed by atoms with Gasteiger partial charge in [0, 0.05) is 0 Å². The molecular weight excluding hydrogens is 220 g/mol. The number of hydrogen-bond acceptors (Lipinski definition) is 5. The Bertz CT molecular complexity index is 577. The Morgan fingerprint density at radius 2 is 2.29 bits per heavy atom. The van der Waals surface area contributed by atoms with Crippen LogP contribution in [-0.4, -0.2) is 31.9 Å². The molecule has 1 aliphatic heterocycles. The van der Waals surface area contributed by atoms with Crippen molar-refractivity contribution in [2.75, 3.05) is 6.61 Å². The molecule has 1 aromatic carbocycles. The van der Waals surface area contributed by atoms with Gasteiger partial charge in [0.1, 0.15) is 18.0 Å². The van der Waals surface area contributed by atoms with Crippen LogP contribution < -0.4 is 4.74 Å². The fourth-order valence-corrected chi connectivity index (χ4v) is 1.88. The van der Waals surface area contributed by atoms with Gasteiger partial charge in [-0.1, -0.05) is 6.07 Å².